The van der Waals surface area contributed by atoms with E-state index >= 15 is 0 Å². The van der Waals surface area contributed by atoms with Gasteiger partial charge in [-0.25, -0.2) is 0 Å². The predicted octanol–water partition coefficient (Wildman–Crippen LogP) is 4.47. The summed E-state index contributed by atoms with van der Waals surface area (Å²) in [6, 6.07) is 7.61. The van der Waals surface area contributed by atoms with E-state index < -0.39 is 5.92 Å². The topological polar surface area (TPSA) is 4.93 Å². The van der Waals surface area contributed by atoms with E-state index in [-0.39, 0.29) is 12.1 Å². The van der Waals surface area contributed by atoms with Crippen LogP contribution in [-0.2, 0) is 12.5 Å². The highest BCUT2D eigenvalue weighted by Gasteiger charge is 2.42. The number of para-hydroxylation sites is 1. The molecule has 1 aliphatic rings. The second-order valence-electron chi connectivity index (χ2n) is 4.10. The number of alkyl halides is 2. The van der Waals surface area contributed by atoms with Crippen molar-refractivity contribution in [2.45, 2.75) is 39.7 Å². The molecule has 0 saturated heterocycles. The fraction of sp³-hybridized carbons (Fsp3) is 0.429. The Morgan fingerprint density at radius 3 is 2.53 bits per heavy atom. The Hall–Kier alpha value is -1.38. The van der Waals surface area contributed by atoms with E-state index in [1.54, 1.807) is 11.5 Å². The third kappa shape index (κ3) is 1.65. The summed E-state index contributed by atoms with van der Waals surface area (Å²) >= 11 is 0. The van der Waals surface area contributed by atoms with E-state index in [1.807, 2.05) is 38.1 Å². The Kier molecular flexibility index (Phi) is 2.94. The van der Waals surface area contributed by atoms with E-state index in [1.165, 1.54) is 0 Å². The zero-order chi connectivity index (χ0) is 12.6. The number of aryl methyl sites for hydroxylation is 2. The smallest absolute Gasteiger partial charge is 0.289 e. The first-order chi connectivity index (χ1) is 8.11. The minimum atomic E-state index is -2.65. The van der Waals surface area contributed by atoms with Crippen LogP contribution in [0.15, 0.2) is 24.3 Å². The molecule has 0 radical (unpaired) electrons. The molecule has 1 aliphatic heterocycles. The second kappa shape index (κ2) is 4.13. The predicted molar refractivity (Wildman–Crippen MR) is 66.5 cm³/mol. The van der Waals surface area contributed by atoms with Crippen LogP contribution in [0, 0.1) is 6.92 Å². The van der Waals surface area contributed by atoms with Gasteiger partial charge in [-0.1, -0.05) is 32.0 Å². The van der Waals surface area contributed by atoms with Crippen molar-refractivity contribution in [3.8, 4) is 0 Å². The van der Waals surface area contributed by atoms with Crippen LogP contribution in [0.5, 0.6) is 0 Å². The number of fused-ring (bicyclic) bond motifs is 3. The molecule has 0 amide bonds. The first kappa shape index (κ1) is 12.1. The van der Waals surface area contributed by atoms with Crippen LogP contribution in [0.4, 0.5) is 8.78 Å². The molecule has 1 aromatic carbocycles. The molecular formula is C14H17F2N. The molecule has 0 N–H and O–H groups in total. The first-order valence-corrected chi connectivity index (χ1v) is 6.07. The van der Waals surface area contributed by atoms with Gasteiger partial charge in [0.25, 0.3) is 5.92 Å². The van der Waals surface area contributed by atoms with E-state index in [4.69, 9.17) is 0 Å². The molecule has 3 heteroatoms. The molecule has 0 saturated carbocycles. The van der Waals surface area contributed by atoms with Gasteiger partial charge in [-0.15, -0.1) is 0 Å². The van der Waals surface area contributed by atoms with Crippen molar-refractivity contribution in [3.05, 3.63) is 35.5 Å². The molecule has 0 unspecified atom stereocenters. The molecule has 92 valence electrons. The zero-order valence-corrected chi connectivity index (χ0v) is 10.4. The van der Waals surface area contributed by atoms with Crippen LogP contribution in [0.2, 0.25) is 0 Å². The van der Waals surface area contributed by atoms with Gasteiger partial charge in [-0.3, -0.25) is 0 Å². The Labute approximate surface area is 100 Å². The van der Waals surface area contributed by atoms with Crippen LogP contribution in [0.1, 0.15) is 31.5 Å². The molecule has 0 bridgehead atoms. The van der Waals surface area contributed by atoms with E-state index in [0.29, 0.717) is 6.54 Å². The zero-order valence-electron chi connectivity index (χ0n) is 10.4. The van der Waals surface area contributed by atoms with E-state index in [0.717, 1.165) is 16.5 Å². The average Bonchev–Trinajstić information content (AvgIpc) is 2.81. The molecule has 0 aliphatic carbocycles. The quantitative estimate of drug-likeness (QED) is 0.637. The number of aromatic nitrogens is 1. The molecule has 17 heavy (non-hydrogen) atoms. The third-order valence-electron chi connectivity index (χ3n) is 3.22. The van der Waals surface area contributed by atoms with Crippen LogP contribution in [0.25, 0.3) is 10.9 Å². The number of hydrogen-bond acceptors (Lipinski definition) is 0. The Balaban J connectivity index is 0.000000514. The van der Waals surface area contributed by atoms with Crippen LogP contribution >= 0.6 is 0 Å². The maximum Gasteiger partial charge on any atom is 0.289 e. The molecule has 0 fully saturated rings. The summed E-state index contributed by atoms with van der Waals surface area (Å²) in [6.07, 6.45) is -0.0615. The number of benzene rings is 1. The highest BCUT2D eigenvalue weighted by atomic mass is 19.3. The second-order valence-corrected chi connectivity index (χ2v) is 4.10. The summed E-state index contributed by atoms with van der Waals surface area (Å²) in [5.74, 6) is -2.65. The third-order valence-corrected chi connectivity index (χ3v) is 3.22. The van der Waals surface area contributed by atoms with Gasteiger partial charge in [0, 0.05) is 23.9 Å². The minimum Gasteiger partial charge on any atom is -0.339 e. The SMILES string of the molecule is CC.Cc1c2n(c3ccccc13)CCC2(F)F. The lowest BCUT2D eigenvalue weighted by molar-refractivity contribution is -0.00259. The maximum atomic E-state index is 13.6. The molecule has 0 spiro atoms. The lowest BCUT2D eigenvalue weighted by Gasteiger charge is -2.08. The summed E-state index contributed by atoms with van der Waals surface area (Å²) < 4.78 is 29.0. The number of rotatable bonds is 0. The van der Waals surface area contributed by atoms with Gasteiger partial charge in [-0.05, 0) is 18.6 Å². The lowest BCUT2D eigenvalue weighted by atomic mass is 10.1. The normalized spacial score (nSPS) is 16.5. The van der Waals surface area contributed by atoms with Crippen molar-refractivity contribution in [2.75, 3.05) is 0 Å². The maximum absolute atomic E-state index is 13.6. The number of hydrogen-bond donors (Lipinski definition) is 0. The van der Waals surface area contributed by atoms with Gasteiger partial charge >= 0.3 is 0 Å². The Bertz CT molecular complexity index is 540. The van der Waals surface area contributed by atoms with Crippen molar-refractivity contribution in [1.82, 2.24) is 4.57 Å². The van der Waals surface area contributed by atoms with E-state index in [2.05, 4.69) is 0 Å². The van der Waals surface area contributed by atoms with Gasteiger partial charge in [-0.2, -0.15) is 8.78 Å². The summed E-state index contributed by atoms with van der Waals surface area (Å²) in [4.78, 5) is 0. The first-order valence-electron chi connectivity index (χ1n) is 6.07. The summed E-state index contributed by atoms with van der Waals surface area (Å²) in [6.45, 7) is 6.21. The molecular weight excluding hydrogens is 220 g/mol. The molecule has 2 heterocycles. The monoisotopic (exact) mass is 237 g/mol. The standard InChI is InChI=1S/C12H11F2N.C2H6/c1-8-9-4-2-3-5-10(9)15-7-6-12(13,14)11(8)15;1-2/h2-5H,6-7H2,1H3;1-2H3. The fourth-order valence-electron chi connectivity index (χ4n) is 2.55. The van der Waals surface area contributed by atoms with E-state index in [9.17, 15) is 8.78 Å². The van der Waals surface area contributed by atoms with Crippen molar-refractivity contribution < 1.29 is 8.78 Å². The van der Waals surface area contributed by atoms with Gasteiger partial charge in [0.05, 0.1) is 5.69 Å². The summed E-state index contributed by atoms with van der Waals surface area (Å²) in [5, 5.41) is 0.951. The van der Waals surface area contributed by atoms with Crippen molar-refractivity contribution in [1.29, 1.82) is 0 Å². The molecule has 1 aromatic heterocycles. The highest BCUT2D eigenvalue weighted by molar-refractivity contribution is 5.85. The Morgan fingerprint density at radius 2 is 1.82 bits per heavy atom. The van der Waals surface area contributed by atoms with Crippen molar-refractivity contribution >= 4 is 10.9 Å². The summed E-state index contributed by atoms with van der Waals surface area (Å²) in [5.41, 5.74) is 1.87. The van der Waals surface area contributed by atoms with Crippen LogP contribution in [-0.4, -0.2) is 4.57 Å². The van der Waals surface area contributed by atoms with Gasteiger partial charge < -0.3 is 4.57 Å². The molecule has 2 aromatic rings. The fourth-order valence-corrected chi connectivity index (χ4v) is 2.55. The Morgan fingerprint density at radius 1 is 1.18 bits per heavy atom. The minimum absolute atomic E-state index is 0.0615. The number of nitrogens with zero attached hydrogens (tertiary/aromatic N) is 1. The molecule has 1 nitrogen and oxygen atoms in total. The molecule has 3 rings (SSSR count). The van der Waals surface area contributed by atoms with Crippen LogP contribution < -0.4 is 0 Å². The lowest BCUT2D eigenvalue weighted by Crippen LogP contribution is -2.09. The van der Waals surface area contributed by atoms with Crippen molar-refractivity contribution in [2.24, 2.45) is 0 Å². The summed E-state index contributed by atoms with van der Waals surface area (Å²) in [7, 11) is 0. The van der Waals surface area contributed by atoms with Crippen molar-refractivity contribution in [3.63, 3.8) is 0 Å². The number of halogens is 2. The molecule has 0 atom stereocenters. The van der Waals surface area contributed by atoms with Gasteiger partial charge in [0.15, 0.2) is 0 Å². The van der Waals surface area contributed by atoms with Crippen LogP contribution in [0.3, 0.4) is 0 Å². The van der Waals surface area contributed by atoms with Gasteiger partial charge in [0.1, 0.15) is 0 Å². The highest BCUT2D eigenvalue weighted by Crippen LogP contribution is 2.43. The average molecular weight is 237 g/mol. The van der Waals surface area contributed by atoms with Gasteiger partial charge in [0.2, 0.25) is 0 Å². The largest absolute Gasteiger partial charge is 0.339 e.